The molecule has 0 aromatic heterocycles. The van der Waals surface area contributed by atoms with Gasteiger partial charge in [-0.15, -0.1) is 0 Å². The molecule has 0 aliphatic heterocycles. The minimum absolute atomic E-state index is 0.0728. The van der Waals surface area contributed by atoms with Gasteiger partial charge < -0.3 is 15.8 Å². The second-order valence-corrected chi connectivity index (χ2v) is 5.34. The molecule has 0 saturated carbocycles. The van der Waals surface area contributed by atoms with E-state index in [1.54, 1.807) is 12.1 Å². The second kappa shape index (κ2) is 8.09. The minimum Gasteiger partial charge on any atom is -0.489 e. The van der Waals surface area contributed by atoms with Crippen LogP contribution in [0.15, 0.2) is 48.5 Å². The molecule has 2 aromatic carbocycles. The van der Waals surface area contributed by atoms with Gasteiger partial charge in [-0.3, -0.25) is 10.1 Å². The van der Waals surface area contributed by atoms with Crippen molar-refractivity contribution in [3.63, 3.8) is 0 Å². The Kier molecular flexibility index (Phi) is 5.87. The zero-order valence-electron chi connectivity index (χ0n) is 12.4. The van der Waals surface area contributed by atoms with E-state index in [0.29, 0.717) is 18.3 Å². The highest BCUT2D eigenvalue weighted by Crippen LogP contribution is 2.16. The van der Waals surface area contributed by atoms with Crippen molar-refractivity contribution in [1.82, 2.24) is 5.32 Å². The number of nitrogens with zero attached hydrogens (tertiary/aromatic N) is 1. The van der Waals surface area contributed by atoms with Crippen LogP contribution in [-0.4, -0.2) is 16.6 Å². The normalized spacial score (nSPS) is 10.1. The van der Waals surface area contributed by atoms with E-state index >= 15 is 0 Å². The lowest BCUT2D eigenvalue weighted by Gasteiger charge is -2.08. The first-order valence-corrected chi connectivity index (χ1v) is 7.44. The Hall–Kier alpha value is -2.67. The highest BCUT2D eigenvalue weighted by Gasteiger charge is 2.04. The lowest BCUT2D eigenvalue weighted by molar-refractivity contribution is -0.384. The fourth-order valence-corrected chi connectivity index (χ4v) is 2.07. The highest BCUT2D eigenvalue weighted by molar-refractivity contribution is 7.80. The van der Waals surface area contributed by atoms with E-state index in [4.69, 9.17) is 22.7 Å². The summed E-state index contributed by atoms with van der Waals surface area (Å²) in [7, 11) is 0. The third-order valence-electron chi connectivity index (χ3n) is 3.19. The van der Waals surface area contributed by atoms with E-state index in [1.165, 1.54) is 12.1 Å². The number of hydrogen-bond donors (Lipinski definition) is 2. The molecule has 23 heavy (non-hydrogen) atoms. The number of nitro groups is 1. The van der Waals surface area contributed by atoms with Gasteiger partial charge in [-0.1, -0.05) is 12.1 Å². The van der Waals surface area contributed by atoms with Crippen LogP contribution in [-0.2, 0) is 13.0 Å². The summed E-state index contributed by atoms with van der Waals surface area (Å²) in [4.78, 5) is 10.2. The average Bonchev–Trinajstić information content (AvgIpc) is 2.54. The van der Waals surface area contributed by atoms with Crippen molar-refractivity contribution < 1.29 is 9.66 Å². The standard InChI is InChI=1S/C16H17N3O3S/c17-16(23)18-10-9-12-3-7-15(8-4-12)22-11-13-1-5-14(6-2-13)19(20)21/h1-8H,9-11H2,(H3,17,18,23). The minimum atomic E-state index is -0.421. The molecule has 0 bridgehead atoms. The summed E-state index contributed by atoms with van der Waals surface area (Å²) in [6, 6.07) is 14.1. The molecule has 0 heterocycles. The molecule has 3 N–H and O–H groups in total. The third kappa shape index (κ3) is 5.55. The summed E-state index contributed by atoms with van der Waals surface area (Å²) < 4.78 is 5.66. The SMILES string of the molecule is NC(=S)NCCc1ccc(OCc2ccc([N+](=O)[O-])cc2)cc1. The third-order valence-corrected chi connectivity index (χ3v) is 3.33. The monoisotopic (exact) mass is 331 g/mol. The van der Waals surface area contributed by atoms with Gasteiger partial charge in [-0.25, -0.2) is 0 Å². The van der Waals surface area contributed by atoms with Gasteiger partial charge in [-0.2, -0.15) is 0 Å². The lowest BCUT2D eigenvalue weighted by Crippen LogP contribution is -2.30. The summed E-state index contributed by atoms with van der Waals surface area (Å²) in [6.45, 7) is 1.05. The van der Waals surface area contributed by atoms with Crippen molar-refractivity contribution in [3.05, 3.63) is 69.8 Å². The molecule has 7 heteroatoms. The van der Waals surface area contributed by atoms with Crippen LogP contribution in [0.2, 0.25) is 0 Å². The predicted molar refractivity (Wildman–Crippen MR) is 92.4 cm³/mol. The number of hydrogen-bond acceptors (Lipinski definition) is 4. The molecule has 0 aliphatic rings. The van der Waals surface area contributed by atoms with Crippen LogP contribution < -0.4 is 15.8 Å². The van der Waals surface area contributed by atoms with Crippen molar-refractivity contribution >= 4 is 23.0 Å². The van der Waals surface area contributed by atoms with Gasteiger partial charge in [0.15, 0.2) is 5.11 Å². The molecule has 0 amide bonds. The first kappa shape index (κ1) is 16.7. The van der Waals surface area contributed by atoms with Gasteiger partial charge in [0, 0.05) is 18.7 Å². The molecule has 2 aromatic rings. The zero-order valence-corrected chi connectivity index (χ0v) is 13.2. The summed E-state index contributed by atoms with van der Waals surface area (Å²) in [5.74, 6) is 0.745. The van der Waals surface area contributed by atoms with Crippen molar-refractivity contribution in [3.8, 4) is 5.75 Å². The Morgan fingerprint density at radius 2 is 1.74 bits per heavy atom. The molecule has 2 rings (SSSR count). The van der Waals surface area contributed by atoms with Crippen LogP contribution in [0.1, 0.15) is 11.1 Å². The Morgan fingerprint density at radius 1 is 1.13 bits per heavy atom. The Morgan fingerprint density at radius 3 is 2.30 bits per heavy atom. The maximum atomic E-state index is 10.6. The zero-order chi connectivity index (χ0) is 16.7. The molecule has 0 spiro atoms. The molecule has 0 saturated heterocycles. The maximum absolute atomic E-state index is 10.6. The van der Waals surface area contributed by atoms with E-state index in [1.807, 2.05) is 24.3 Å². The quantitative estimate of drug-likeness (QED) is 0.460. The molecule has 6 nitrogen and oxygen atoms in total. The number of nitro benzene ring substituents is 1. The fraction of sp³-hybridized carbons (Fsp3) is 0.188. The second-order valence-electron chi connectivity index (χ2n) is 4.90. The van der Waals surface area contributed by atoms with E-state index < -0.39 is 4.92 Å². The van der Waals surface area contributed by atoms with Gasteiger partial charge in [0.25, 0.3) is 5.69 Å². The fourth-order valence-electron chi connectivity index (χ4n) is 1.96. The number of ether oxygens (including phenoxy) is 1. The number of rotatable bonds is 7. The Balaban J connectivity index is 1.83. The van der Waals surface area contributed by atoms with Crippen LogP contribution in [0.25, 0.3) is 0 Å². The first-order valence-electron chi connectivity index (χ1n) is 7.03. The number of benzene rings is 2. The molecule has 0 unspecified atom stereocenters. The van der Waals surface area contributed by atoms with Crippen molar-refractivity contribution in [2.75, 3.05) is 6.54 Å². The van der Waals surface area contributed by atoms with Crippen molar-refractivity contribution in [2.24, 2.45) is 5.73 Å². The summed E-state index contributed by atoms with van der Waals surface area (Å²) in [6.07, 6.45) is 0.819. The molecule has 0 aliphatic carbocycles. The van der Waals surface area contributed by atoms with E-state index in [9.17, 15) is 10.1 Å². The predicted octanol–water partition coefficient (Wildman–Crippen LogP) is 2.55. The van der Waals surface area contributed by atoms with Crippen LogP contribution in [0.3, 0.4) is 0 Å². The van der Waals surface area contributed by atoms with Crippen molar-refractivity contribution in [2.45, 2.75) is 13.0 Å². The van der Waals surface area contributed by atoms with Gasteiger partial charge in [0.1, 0.15) is 12.4 Å². The van der Waals surface area contributed by atoms with Crippen LogP contribution in [0.4, 0.5) is 5.69 Å². The topological polar surface area (TPSA) is 90.4 Å². The smallest absolute Gasteiger partial charge is 0.269 e. The van der Waals surface area contributed by atoms with Gasteiger partial charge in [0.2, 0.25) is 0 Å². The van der Waals surface area contributed by atoms with E-state index in [-0.39, 0.29) is 5.69 Å². The molecule has 0 radical (unpaired) electrons. The lowest BCUT2D eigenvalue weighted by atomic mass is 10.1. The number of nitrogens with two attached hydrogens (primary N) is 1. The Bertz CT molecular complexity index is 672. The molecule has 0 atom stereocenters. The number of nitrogens with one attached hydrogen (secondary N) is 1. The summed E-state index contributed by atoms with van der Waals surface area (Å²) in [5.41, 5.74) is 7.46. The van der Waals surface area contributed by atoms with Gasteiger partial charge in [-0.05, 0) is 54.0 Å². The van der Waals surface area contributed by atoms with Crippen LogP contribution in [0, 0.1) is 10.1 Å². The van der Waals surface area contributed by atoms with Crippen molar-refractivity contribution in [1.29, 1.82) is 0 Å². The Labute approximate surface area is 139 Å². The summed E-state index contributed by atoms with van der Waals surface area (Å²) in [5, 5.41) is 13.8. The van der Waals surface area contributed by atoms with Crippen LogP contribution in [0.5, 0.6) is 5.75 Å². The largest absolute Gasteiger partial charge is 0.489 e. The summed E-state index contributed by atoms with van der Waals surface area (Å²) >= 11 is 4.74. The maximum Gasteiger partial charge on any atom is 0.269 e. The average molecular weight is 331 g/mol. The van der Waals surface area contributed by atoms with Gasteiger partial charge >= 0.3 is 0 Å². The first-order chi connectivity index (χ1) is 11.0. The number of thiocarbonyl (C=S) groups is 1. The molecule has 0 fully saturated rings. The molecule has 120 valence electrons. The number of non-ortho nitro benzene ring substituents is 1. The van der Waals surface area contributed by atoms with E-state index in [2.05, 4.69) is 5.32 Å². The molecular weight excluding hydrogens is 314 g/mol. The molecular formula is C16H17N3O3S. The van der Waals surface area contributed by atoms with Crippen LogP contribution >= 0.6 is 12.2 Å². The highest BCUT2D eigenvalue weighted by atomic mass is 32.1. The van der Waals surface area contributed by atoms with E-state index in [0.717, 1.165) is 23.3 Å². The van der Waals surface area contributed by atoms with Gasteiger partial charge in [0.05, 0.1) is 4.92 Å².